The van der Waals surface area contributed by atoms with Crippen LogP contribution in [-0.2, 0) is 16.0 Å². The zero-order chi connectivity index (χ0) is 20.9. The monoisotopic (exact) mass is 405 g/mol. The number of ether oxygens (including phenoxy) is 1. The molecule has 0 spiro atoms. The predicted molar refractivity (Wildman–Crippen MR) is 113 cm³/mol. The highest BCUT2D eigenvalue weighted by Crippen LogP contribution is 2.27. The highest BCUT2D eigenvalue weighted by atomic mass is 16.5. The number of hydrogen-bond acceptors (Lipinski definition) is 5. The average Bonchev–Trinajstić information content (AvgIpc) is 3.18. The number of H-pyrrole nitrogens is 1. The Labute approximate surface area is 174 Å². The van der Waals surface area contributed by atoms with Gasteiger partial charge >= 0.3 is 0 Å². The summed E-state index contributed by atoms with van der Waals surface area (Å²) in [5.74, 6) is 2.06. The molecule has 2 aromatic carbocycles. The van der Waals surface area contributed by atoms with Crippen LogP contribution in [-0.4, -0.2) is 33.6 Å². The van der Waals surface area contributed by atoms with Gasteiger partial charge in [0.25, 0.3) is 0 Å². The quantitative estimate of drug-likeness (QED) is 0.522. The van der Waals surface area contributed by atoms with Crippen molar-refractivity contribution in [3.8, 4) is 17.1 Å². The largest absolute Gasteiger partial charge is 0.494 e. The van der Waals surface area contributed by atoms with Crippen molar-refractivity contribution in [3.63, 3.8) is 0 Å². The number of benzene rings is 2. The zero-order valence-corrected chi connectivity index (χ0v) is 16.7. The molecule has 30 heavy (non-hydrogen) atoms. The van der Waals surface area contributed by atoms with Crippen molar-refractivity contribution in [2.24, 2.45) is 0 Å². The van der Waals surface area contributed by atoms with Gasteiger partial charge in [0.1, 0.15) is 11.6 Å². The SMILES string of the molecule is Cc1nc(-c2cccc(NC(=O)CCCOc3ccc4c(c3)CCC(=O)N4)c2)n[nH]1. The van der Waals surface area contributed by atoms with E-state index in [0.717, 1.165) is 28.4 Å². The molecule has 0 radical (unpaired) electrons. The first-order valence-corrected chi connectivity index (χ1v) is 9.92. The van der Waals surface area contributed by atoms with Crippen LogP contribution >= 0.6 is 0 Å². The third-order valence-corrected chi connectivity index (χ3v) is 4.79. The van der Waals surface area contributed by atoms with Gasteiger partial charge in [-0.2, -0.15) is 5.10 Å². The molecule has 4 rings (SSSR count). The minimum Gasteiger partial charge on any atom is -0.494 e. The minimum atomic E-state index is -0.0740. The van der Waals surface area contributed by atoms with Crippen LogP contribution in [0.3, 0.4) is 0 Å². The molecule has 1 aliphatic rings. The maximum absolute atomic E-state index is 12.3. The summed E-state index contributed by atoms with van der Waals surface area (Å²) in [6, 6.07) is 13.1. The lowest BCUT2D eigenvalue weighted by molar-refractivity contribution is -0.117. The number of aryl methyl sites for hydroxylation is 2. The van der Waals surface area contributed by atoms with Gasteiger partial charge in [0.05, 0.1) is 6.61 Å². The van der Waals surface area contributed by atoms with Gasteiger partial charge in [0.2, 0.25) is 11.8 Å². The number of hydrogen-bond donors (Lipinski definition) is 3. The standard InChI is InChI=1S/C22H23N5O3/c1-14-23-22(27-26-14)16-4-2-5-17(12-16)24-20(28)6-3-11-30-18-8-9-19-15(13-18)7-10-21(29)25-19/h2,4-5,8-9,12-13H,3,6-7,10-11H2,1H3,(H,24,28)(H,25,29)(H,23,26,27). The average molecular weight is 405 g/mol. The van der Waals surface area contributed by atoms with Crippen LogP contribution < -0.4 is 15.4 Å². The van der Waals surface area contributed by atoms with Crippen molar-refractivity contribution in [2.45, 2.75) is 32.6 Å². The van der Waals surface area contributed by atoms with Crippen molar-refractivity contribution >= 4 is 23.2 Å². The summed E-state index contributed by atoms with van der Waals surface area (Å²) in [5, 5.41) is 12.7. The van der Waals surface area contributed by atoms with Crippen LogP contribution in [0.15, 0.2) is 42.5 Å². The Bertz CT molecular complexity index is 1080. The number of anilines is 2. The molecule has 1 aromatic heterocycles. The molecule has 1 aliphatic heterocycles. The molecule has 3 N–H and O–H groups in total. The molecule has 0 saturated carbocycles. The molecule has 0 saturated heterocycles. The number of nitrogens with one attached hydrogen (secondary N) is 3. The van der Waals surface area contributed by atoms with Gasteiger partial charge in [-0.15, -0.1) is 0 Å². The summed E-state index contributed by atoms with van der Waals surface area (Å²) >= 11 is 0. The summed E-state index contributed by atoms with van der Waals surface area (Å²) in [4.78, 5) is 28.0. The van der Waals surface area contributed by atoms with Crippen LogP contribution in [0, 0.1) is 6.92 Å². The van der Waals surface area contributed by atoms with Crippen LogP contribution in [0.1, 0.15) is 30.7 Å². The van der Waals surface area contributed by atoms with Crippen LogP contribution in [0.25, 0.3) is 11.4 Å². The van der Waals surface area contributed by atoms with Crippen molar-refractivity contribution in [1.29, 1.82) is 0 Å². The molecule has 0 atom stereocenters. The van der Waals surface area contributed by atoms with Gasteiger partial charge in [-0.3, -0.25) is 14.7 Å². The molecule has 8 heteroatoms. The Balaban J connectivity index is 1.24. The number of aromatic amines is 1. The molecule has 2 heterocycles. The van der Waals surface area contributed by atoms with Crippen LogP contribution in [0.5, 0.6) is 5.75 Å². The lowest BCUT2D eigenvalue weighted by Crippen LogP contribution is -2.18. The van der Waals surface area contributed by atoms with Crippen molar-refractivity contribution in [2.75, 3.05) is 17.2 Å². The minimum absolute atomic E-state index is 0.0449. The van der Waals surface area contributed by atoms with Crippen LogP contribution in [0.4, 0.5) is 11.4 Å². The number of carbonyl (C=O) groups is 2. The lowest BCUT2D eigenvalue weighted by atomic mass is 10.0. The van der Waals surface area contributed by atoms with E-state index >= 15 is 0 Å². The molecule has 0 unspecified atom stereocenters. The van der Waals surface area contributed by atoms with E-state index in [2.05, 4.69) is 25.8 Å². The lowest BCUT2D eigenvalue weighted by Gasteiger charge is -2.17. The Morgan fingerprint density at radius 2 is 2.10 bits per heavy atom. The van der Waals surface area contributed by atoms with Crippen LogP contribution in [0.2, 0.25) is 0 Å². The van der Waals surface area contributed by atoms with Crippen molar-refractivity contribution < 1.29 is 14.3 Å². The maximum Gasteiger partial charge on any atom is 0.224 e. The van der Waals surface area contributed by atoms with E-state index in [0.29, 0.717) is 43.8 Å². The summed E-state index contributed by atoms with van der Waals surface area (Å²) in [7, 11) is 0. The molecule has 154 valence electrons. The highest BCUT2D eigenvalue weighted by molar-refractivity contribution is 5.94. The summed E-state index contributed by atoms with van der Waals surface area (Å²) in [6.45, 7) is 2.28. The van der Waals surface area contributed by atoms with Crippen molar-refractivity contribution in [3.05, 3.63) is 53.9 Å². The first-order chi connectivity index (χ1) is 14.6. The van der Waals surface area contributed by atoms with Gasteiger partial charge in [-0.1, -0.05) is 12.1 Å². The number of amides is 2. The van der Waals surface area contributed by atoms with Gasteiger partial charge in [-0.05, 0) is 55.7 Å². The normalized spacial score (nSPS) is 12.8. The Morgan fingerprint density at radius 1 is 1.20 bits per heavy atom. The van der Waals surface area contributed by atoms with Crippen molar-refractivity contribution in [1.82, 2.24) is 15.2 Å². The maximum atomic E-state index is 12.3. The number of aromatic nitrogens is 3. The van der Waals surface area contributed by atoms with E-state index < -0.39 is 0 Å². The molecular weight excluding hydrogens is 382 g/mol. The van der Waals surface area contributed by atoms with E-state index in [4.69, 9.17) is 4.74 Å². The summed E-state index contributed by atoms with van der Waals surface area (Å²) in [6.07, 6.45) is 2.16. The Morgan fingerprint density at radius 3 is 2.93 bits per heavy atom. The Hall–Kier alpha value is -3.68. The molecule has 0 aliphatic carbocycles. The second kappa shape index (κ2) is 8.77. The summed E-state index contributed by atoms with van der Waals surface area (Å²) < 4.78 is 5.77. The molecular formula is C22H23N5O3. The summed E-state index contributed by atoms with van der Waals surface area (Å²) in [5.41, 5.74) is 3.47. The first-order valence-electron chi connectivity index (χ1n) is 9.92. The Kier molecular flexibility index (Phi) is 5.74. The van der Waals surface area contributed by atoms with Gasteiger partial charge in [0, 0.05) is 29.8 Å². The fourth-order valence-electron chi connectivity index (χ4n) is 3.30. The highest BCUT2D eigenvalue weighted by Gasteiger charge is 2.15. The van der Waals surface area contributed by atoms with Gasteiger partial charge < -0.3 is 15.4 Å². The second-order valence-electron chi connectivity index (χ2n) is 7.19. The van der Waals surface area contributed by atoms with Gasteiger partial charge in [-0.25, -0.2) is 4.98 Å². The number of fused-ring (bicyclic) bond motifs is 1. The topological polar surface area (TPSA) is 109 Å². The smallest absolute Gasteiger partial charge is 0.224 e. The first kappa shape index (κ1) is 19.6. The molecule has 2 amide bonds. The fourth-order valence-corrected chi connectivity index (χ4v) is 3.30. The molecule has 8 nitrogen and oxygen atoms in total. The molecule has 0 fully saturated rings. The zero-order valence-electron chi connectivity index (χ0n) is 16.7. The fraction of sp³-hybridized carbons (Fsp3) is 0.273. The third kappa shape index (κ3) is 4.83. The third-order valence-electron chi connectivity index (χ3n) is 4.79. The van der Waals surface area contributed by atoms with E-state index in [1.165, 1.54) is 0 Å². The number of carbonyl (C=O) groups excluding carboxylic acids is 2. The second-order valence-corrected chi connectivity index (χ2v) is 7.19. The number of nitrogens with zero attached hydrogens (tertiary/aromatic N) is 2. The van der Waals surface area contributed by atoms with E-state index in [-0.39, 0.29) is 11.8 Å². The van der Waals surface area contributed by atoms with E-state index in [1.54, 1.807) is 0 Å². The molecule has 3 aromatic rings. The predicted octanol–water partition coefficient (Wildman–Crippen LogP) is 3.46. The van der Waals surface area contributed by atoms with E-state index in [9.17, 15) is 9.59 Å². The van der Waals surface area contributed by atoms with Gasteiger partial charge in [0.15, 0.2) is 5.82 Å². The van der Waals surface area contributed by atoms with E-state index in [1.807, 2.05) is 49.4 Å². The number of rotatable bonds is 7. The molecule has 0 bridgehead atoms.